The van der Waals surface area contributed by atoms with Crippen LogP contribution in [0.15, 0.2) is 48.5 Å². The molecule has 6 nitrogen and oxygen atoms in total. The minimum absolute atomic E-state index is 0.0686. The quantitative estimate of drug-likeness (QED) is 0.336. The minimum Gasteiger partial charge on any atom is -0.493 e. The molecule has 1 saturated heterocycles. The van der Waals surface area contributed by atoms with E-state index in [2.05, 4.69) is 5.32 Å². The molecule has 1 atom stereocenters. The van der Waals surface area contributed by atoms with Crippen molar-refractivity contribution >= 4 is 23.5 Å². The van der Waals surface area contributed by atoms with Crippen molar-refractivity contribution in [1.29, 1.82) is 0 Å². The van der Waals surface area contributed by atoms with Crippen molar-refractivity contribution in [3.63, 3.8) is 0 Å². The average molecular weight is 395 g/mol. The van der Waals surface area contributed by atoms with Crippen LogP contribution in [0.5, 0.6) is 11.5 Å². The van der Waals surface area contributed by atoms with Gasteiger partial charge in [-0.2, -0.15) is 0 Å². The second-order valence-electron chi connectivity index (χ2n) is 6.77. The molecule has 0 aromatic heterocycles. The Morgan fingerprint density at radius 3 is 2.62 bits per heavy atom. The van der Waals surface area contributed by atoms with Crippen LogP contribution in [-0.4, -0.2) is 38.2 Å². The molecule has 1 aliphatic rings. The van der Waals surface area contributed by atoms with Crippen molar-refractivity contribution < 1.29 is 23.8 Å². The number of ether oxygens (including phenoxy) is 3. The van der Waals surface area contributed by atoms with Crippen LogP contribution >= 0.6 is 0 Å². The summed E-state index contributed by atoms with van der Waals surface area (Å²) in [6, 6.07) is 14.6. The fraction of sp³-hybridized carbons (Fsp3) is 0.304. The second-order valence-corrected chi connectivity index (χ2v) is 6.77. The third-order valence-electron chi connectivity index (χ3n) is 4.60. The molecule has 1 aliphatic heterocycles. The normalized spacial score (nSPS) is 16.3. The highest BCUT2D eigenvalue weighted by Gasteiger charge is 2.18. The van der Waals surface area contributed by atoms with E-state index in [0.29, 0.717) is 23.6 Å². The summed E-state index contributed by atoms with van der Waals surface area (Å²) in [5.74, 6) is 0.155. The molecule has 1 fully saturated rings. The summed E-state index contributed by atoms with van der Waals surface area (Å²) in [5, 5.41) is 2.98. The first-order chi connectivity index (χ1) is 14.1. The van der Waals surface area contributed by atoms with E-state index in [1.807, 2.05) is 30.3 Å². The number of carbonyl (C=O) groups is 2. The lowest BCUT2D eigenvalue weighted by Gasteiger charge is -2.14. The van der Waals surface area contributed by atoms with Gasteiger partial charge in [0.25, 0.3) is 5.91 Å². The molecule has 1 N–H and O–H groups in total. The standard InChI is InChI=1S/C23H25NO5/c1-16(25)29-21-11-10-17(14-22(21)27-2)13-20(18-7-4-3-5-8-18)23(26)24-15-19-9-6-12-28-19/h3-5,7-8,10-11,13-14,19H,6,9,12,15H2,1-2H3,(H,24,26)/b20-13+. The Bertz CT molecular complexity index is 885. The van der Waals surface area contributed by atoms with Crippen LogP contribution in [0.1, 0.15) is 30.9 Å². The molecule has 0 aliphatic carbocycles. The minimum atomic E-state index is -0.426. The van der Waals surface area contributed by atoms with E-state index in [1.165, 1.54) is 14.0 Å². The van der Waals surface area contributed by atoms with Gasteiger partial charge < -0.3 is 19.5 Å². The number of hydrogen-bond donors (Lipinski definition) is 1. The first kappa shape index (κ1) is 20.6. The summed E-state index contributed by atoms with van der Waals surface area (Å²) in [4.78, 5) is 24.2. The van der Waals surface area contributed by atoms with Gasteiger partial charge in [0.05, 0.1) is 13.2 Å². The highest BCUT2D eigenvalue weighted by atomic mass is 16.6. The van der Waals surface area contributed by atoms with E-state index in [4.69, 9.17) is 14.2 Å². The van der Waals surface area contributed by atoms with E-state index in [9.17, 15) is 9.59 Å². The predicted octanol–water partition coefficient (Wildman–Crippen LogP) is 3.46. The van der Waals surface area contributed by atoms with Gasteiger partial charge in [-0.3, -0.25) is 9.59 Å². The smallest absolute Gasteiger partial charge is 0.308 e. The van der Waals surface area contributed by atoms with Gasteiger partial charge in [-0.1, -0.05) is 36.4 Å². The molecule has 2 aromatic carbocycles. The third-order valence-corrected chi connectivity index (χ3v) is 4.60. The maximum absolute atomic E-state index is 12.9. The lowest BCUT2D eigenvalue weighted by molar-refractivity contribution is -0.132. The molecule has 6 heteroatoms. The van der Waals surface area contributed by atoms with Gasteiger partial charge in [-0.15, -0.1) is 0 Å². The maximum atomic E-state index is 12.9. The summed E-state index contributed by atoms with van der Waals surface area (Å²) in [5.41, 5.74) is 2.09. The second kappa shape index (κ2) is 9.89. The first-order valence-electron chi connectivity index (χ1n) is 9.60. The van der Waals surface area contributed by atoms with E-state index in [-0.39, 0.29) is 12.0 Å². The molecule has 29 heavy (non-hydrogen) atoms. The molecular formula is C23H25NO5. The van der Waals surface area contributed by atoms with Gasteiger partial charge >= 0.3 is 5.97 Å². The Morgan fingerprint density at radius 2 is 1.97 bits per heavy atom. The molecule has 0 bridgehead atoms. The Hall–Kier alpha value is -3.12. The topological polar surface area (TPSA) is 73.9 Å². The number of rotatable bonds is 7. The lowest BCUT2D eigenvalue weighted by atomic mass is 10.0. The molecule has 1 amide bonds. The van der Waals surface area contributed by atoms with Gasteiger partial charge in [0.15, 0.2) is 11.5 Å². The molecule has 152 valence electrons. The van der Waals surface area contributed by atoms with Crippen molar-refractivity contribution in [2.75, 3.05) is 20.3 Å². The molecule has 1 heterocycles. The zero-order chi connectivity index (χ0) is 20.6. The number of nitrogens with one attached hydrogen (secondary N) is 1. The number of methoxy groups -OCH3 is 1. The van der Waals surface area contributed by atoms with Crippen LogP contribution in [0.25, 0.3) is 11.6 Å². The summed E-state index contributed by atoms with van der Waals surface area (Å²) in [6.07, 6.45) is 3.84. The Labute approximate surface area is 170 Å². The largest absolute Gasteiger partial charge is 0.493 e. The number of esters is 1. The van der Waals surface area contributed by atoms with Gasteiger partial charge in [0.1, 0.15) is 0 Å². The number of benzene rings is 2. The van der Waals surface area contributed by atoms with Crippen molar-refractivity contribution in [2.45, 2.75) is 25.9 Å². The van der Waals surface area contributed by atoms with Gasteiger partial charge in [-0.25, -0.2) is 0 Å². The molecule has 1 unspecified atom stereocenters. The van der Waals surface area contributed by atoms with Crippen molar-refractivity contribution in [2.24, 2.45) is 0 Å². The number of hydrogen-bond acceptors (Lipinski definition) is 5. The predicted molar refractivity (Wildman–Crippen MR) is 111 cm³/mol. The van der Waals surface area contributed by atoms with E-state index < -0.39 is 5.97 Å². The van der Waals surface area contributed by atoms with Gasteiger partial charge in [0.2, 0.25) is 0 Å². The molecule has 0 saturated carbocycles. The number of carbonyl (C=O) groups excluding carboxylic acids is 2. The summed E-state index contributed by atoms with van der Waals surface area (Å²) < 4.78 is 16.1. The Balaban J connectivity index is 1.88. The monoisotopic (exact) mass is 395 g/mol. The molecule has 0 radical (unpaired) electrons. The molecular weight excluding hydrogens is 370 g/mol. The molecule has 2 aromatic rings. The zero-order valence-electron chi connectivity index (χ0n) is 16.6. The summed E-state index contributed by atoms with van der Waals surface area (Å²) in [7, 11) is 1.50. The zero-order valence-corrected chi connectivity index (χ0v) is 16.6. The fourth-order valence-corrected chi connectivity index (χ4v) is 3.18. The van der Waals surface area contributed by atoms with Gasteiger partial charge in [-0.05, 0) is 42.2 Å². The highest BCUT2D eigenvalue weighted by Crippen LogP contribution is 2.30. The Kier molecular flexibility index (Phi) is 7.03. The SMILES string of the molecule is COc1cc(/C=C(/C(=O)NCC2CCCO2)c2ccccc2)ccc1OC(C)=O. The van der Waals surface area contributed by atoms with Crippen molar-refractivity contribution in [3.8, 4) is 11.5 Å². The van der Waals surface area contributed by atoms with Crippen molar-refractivity contribution in [1.82, 2.24) is 5.32 Å². The maximum Gasteiger partial charge on any atom is 0.308 e. The highest BCUT2D eigenvalue weighted by molar-refractivity contribution is 6.24. The fourth-order valence-electron chi connectivity index (χ4n) is 3.18. The van der Waals surface area contributed by atoms with Crippen LogP contribution in [-0.2, 0) is 14.3 Å². The van der Waals surface area contributed by atoms with E-state index in [0.717, 1.165) is 30.6 Å². The van der Waals surface area contributed by atoms with Crippen molar-refractivity contribution in [3.05, 3.63) is 59.7 Å². The summed E-state index contributed by atoms with van der Waals surface area (Å²) in [6.45, 7) is 2.56. The van der Waals surface area contributed by atoms with Crippen LogP contribution in [0.4, 0.5) is 0 Å². The summed E-state index contributed by atoms with van der Waals surface area (Å²) >= 11 is 0. The van der Waals surface area contributed by atoms with Gasteiger partial charge in [0, 0.05) is 25.6 Å². The van der Waals surface area contributed by atoms with E-state index >= 15 is 0 Å². The van der Waals surface area contributed by atoms with Crippen LogP contribution in [0.2, 0.25) is 0 Å². The number of amides is 1. The molecule has 3 rings (SSSR count). The average Bonchev–Trinajstić information content (AvgIpc) is 3.25. The van der Waals surface area contributed by atoms with Crippen LogP contribution in [0, 0.1) is 0 Å². The molecule has 0 spiro atoms. The first-order valence-corrected chi connectivity index (χ1v) is 9.60. The van der Waals surface area contributed by atoms with E-state index in [1.54, 1.807) is 24.3 Å². The van der Waals surface area contributed by atoms with Crippen LogP contribution < -0.4 is 14.8 Å². The van der Waals surface area contributed by atoms with Crippen LogP contribution in [0.3, 0.4) is 0 Å². The third kappa shape index (κ3) is 5.68. The lowest BCUT2D eigenvalue weighted by Crippen LogP contribution is -2.32. The Morgan fingerprint density at radius 1 is 1.17 bits per heavy atom.